The highest BCUT2D eigenvalue weighted by Gasteiger charge is 2.21. The van der Waals surface area contributed by atoms with Gasteiger partial charge in [0.25, 0.3) is 0 Å². The molecular weight excluding hydrogens is 729 g/mol. The molecule has 0 fully saturated rings. The summed E-state index contributed by atoms with van der Waals surface area (Å²) >= 11 is 0. The lowest BCUT2D eigenvalue weighted by Crippen LogP contribution is -1.98. The molecule has 0 N–H and O–H groups in total. The Balaban J connectivity index is 1.07. The molecule has 4 heteroatoms. The maximum Gasteiger partial charge on any atom is 0.160 e. The summed E-state index contributed by atoms with van der Waals surface area (Å²) < 4.78 is 4.84. The van der Waals surface area contributed by atoms with Crippen LogP contribution < -0.4 is 0 Å². The lowest BCUT2D eigenvalue weighted by Gasteiger charge is -2.14. The Bertz CT molecular complexity index is 3600. The van der Waals surface area contributed by atoms with E-state index in [1.807, 2.05) is 18.2 Å². The van der Waals surface area contributed by atoms with Crippen molar-refractivity contribution in [2.24, 2.45) is 0 Å². The van der Waals surface area contributed by atoms with Crippen LogP contribution in [-0.4, -0.2) is 19.1 Å². The van der Waals surface area contributed by atoms with E-state index in [0.717, 1.165) is 61.6 Å². The van der Waals surface area contributed by atoms with Crippen molar-refractivity contribution in [1.29, 1.82) is 0 Å². The first-order chi connectivity index (χ1) is 29.8. The minimum Gasteiger partial charge on any atom is -0.309 e. The number of hydrogen-bond donors (Lipinski definition) is 0. The summed E-state index contributed by atoms with van der Waals surface area (Å²) in [7, 11) is 0. The van der Waals surface area contributed by atoms with E-state index in [2.05, 4.69) is 209 Å². The van der Waals surface area contributed by atoms with Crippen molar-refractivity contribution < 1.29 is 0 Å². The van der Waals surface area contributed by atoms with Crippen molar-refractivity contribution in [3.05, 3.63) is 218 Å². The van der Waals surface area contributed by atoms with E-state index in [0.29, 0.717) is 5.82 Å². The van der Waals surface area contributed by atoms with Gasteiger partial charge in [-0.25, -0.2) is 9.97 Å². The van der Waals surface area contributed by atoms with Gasteiger partial charge in [0.2, 0.25) is 0 Å². The largest absolute Gasteiger partial charge is 0.309 e. The van der Waals surface area contributed by atoms with Crippen LogP contribution in [0, 0.1) is 0 Å². The van der Waals surface area contributed by atoms with Crippen LogP contribution in [0.3, 0.4) is 0 Å². The van der Waals surface area contributed by atoms with Gasteiger partial charge in [-0.1, -0.05) is 164 Å². The number of aromatic nitrogens is 4. The molecule has 4 nitrogen and oxygen atoms in total. The molecule has 0 spiro atoms. The van der Waals surface area contributed by atoms with Crippen LogP contribution in [0.4, 0.5) is 0 Å². The third-order valence-electron chi connectivity index (χ3n) is 11.9. The molecule has 0 amide bonds. The molecule has 12 aromatic rings. The van der Waals surface area contributed by atoms with Crippen molar-refractivity contribution in [3.63, 3.8) is 0 Å². The van der Waals surface area contributed by atoms with Gasteiger partial charge in [-0.15, -0.1) is 0 Å². The molecule has 12 rings (SSSR count). The molecule has 280 valence electrons. The molecule has 0 aliphatic carbocycles. The second-order valence-electron chi connectivity index (χ2n) is 15.4. The minimum atomic E-state index is 0.693. The minimum absolute atomic E-state index is 0.693. The van der Waals surface area contributed by atoms with Crippen molar-refractivity contribution >= 4 is 54.4 Å². The van der Waals surface area contributed by atoms with E-state index in [4.69, 9.17) is 9.97 Å². The predicted octanol–water partition coefficient (Wildman–Crippen LogP) is 14.5. The molecule has 60 heavy (non-hydrogen) atoms. The van der Waals surface area contributed by atoms with Crippen LogP contribution in [0.1, 0.15) is 0 Å². The van der Waals surface area contributed by atoms with E-state index in [-0.39, 0.29) is 0 Å². The van der Waals surface area contributed by atoms with Crippen LogP contribution in [-0.2, 0) is 0 Å². The fraction of sp³-hybridized carbons (Fsp3) is 0. The molecule has 0 bridgehead atoms. The lowest BCUT2D eigenvalue weighted by atomic mass is 9.96. The topological polar surface area (TPSA) is 35.6 Å². The average molecular weight is 765 g/mol. The van der Waals surface area contributed by atoms with Crippen molar-refractivity contribution in [2.75, 3.05) is 0 Å². The Morgan fingerprint density at radius 1 is 0.300 bits per heavy atom. The van der Waals surface area contributed by atoms with Crippen LogP contribution >= 0.6 is 0 Å². The molecule has 0 atom stereocenters. The maximum absolute atomic E-state index is 5.25. The Labute approximate surface area is 346 Å². The Kier molecular flexibility index (Phi) is 7.82. The maximum atomic E-state index is 5.25. The first-order valence-corrected chi connectivity index (χ1v) is 20.4. The van der Waals surface area contributed by atoms with E-state index in [9.17, 15) is 0 Å². The fourth-order valence-electron chi connectivity index (χ4n) is 9.22. The molecule has 0 radical (unpaired) electrons. The van der Waals surface area contributed by atoms with Gasteiger partial charge in [-0.3, -0.25) is 0 Å². The molecule has 3 heterocycles. The molecule has 3 aromatic heterocycles. The first-order valence-electron chi connectivity index (χ1n) is 20.4. The van der Waals surface area contributed by atoms with Crippen molar-refractivity contribution in [3.8, 4) is 56.4 Å². The van der Waals surface area contributed by atoms with Crippen LogP contribution in [0.25, 0.3) is 111 Å². The lowest BCUT2D eigenvalue weighted by molar-refractivity contribution is 1.16. The highest BCUT2D eigenvalue weighted by Crippen LogP contribution is 2.43. The molecule has 0 aliphatic heterocycles. The van der Waals surface area contributed by atoms with Gasteiger partial charge < -0.3 is 9.13 Å². The number of benzene rings is 9. The van der Waals surface area contributed by atoms with E-state index in [1.165, 1.54) is 43.4 Å². The molecule has 9 aromatic carbocycles. The zero-order valence-electron chi connectivity index (χ0n) is 32.6. The number of fused-ring (bicyclic) bond motifs is 8. The summed E-state index contributed by atoms with van der Waals surface area (Å²) in [6.45, 7) is 0. The second-order valence-corrected chi connectivity index (χ2v) is 15.4. The summed E-state index contributed by atoms with van der Waals surface area (Å²) in [5.41, 5.74) is 14.0. The highest BCUT2D eigenvalue weighted by atomic mass is 15.0. The predicted molar refractivity (Wildman–Crippen MR) is 250 cm³/mol. The number of nitrogens with zero attached hydrogens (tertiary/aromatic N) is 4. The van der Waals surface area contributed by atoms with Crippen molar-refractivity contribution in [1.82, 2.24) is 19.1 Å². The summed E-state index contributed by atoms with van der Waals surface area (Å²) in [4.78, 5) is 10.5. The second kappa shape index (κ2) is 13.8. The summed E-state index contributed by atoms with van der Waals surface area (Å²) in [6, 6.07) is 77.9. The van der Waals surface area contributed by atoms with Gasteiger partial charge in [0.1, 0.15) is 0 Å². The van der Waals surface area contributed by atoms with Gasteiger partial charge in [0.05, 0.1) is 33.5 Å². The quantitative estimate of drug-likeness (QED) is 0.169. The first kappa shape index (κ1) is 34.0. The summed E-state index contributed by atoms with van der Waals surface area (Å²) in [5, 5.41) is 7.43. The monoisotopic (exact) mass is 764 g/mol. The van der Waals surface area contributed by atoms with Gasteiger partial charge in [-0.2, -0.15) is 0 Å². The number of rotatable bonds is 6. The van der Waals surface area contributed by atoms with Gasteiger partial charge >= 0.3 is 0 Å². The Morgan fingerprint density at radius 2 is 0.833 bits per heavy atom. The normalized spacial score (nSPS) is 11.7. The summed E-state index contributed by atoms with van der Waals surface area (Å²) in [5.74, 6) is 0.693. The van der Waals surface area contributed by atoms with Gasteiger partial charge in [0.15, 0.2) is 5.82 Å². The highest BCUT2D eigenvalue weighted by molar-refractivity contribution is 6.29. The standard InChI is InChI=1S/C56H36N4/c1-3-17-38(18-4-1)44-24-9-10-25-45(44)49-36-48(57-56(58-49)39-19-5-2-6-20-39)41-22-15-23-42(35-41)59-50-28-13-11-26-46(50)54-52(59)32-33-53-55(54)47-27-12-14-29-51(47)60(53)43-31-30-37-16-7-8-21-40(37)34-43/h1-36H. The third kappa shape index (κ3) is 5.46. The third-order valence-corrected chi connectivity index (χ3v) is 11.9. The molecule has 0 saturated heterocycles. The van der Waals surface area contributed by atoms with Crippen LogP contribution in [0.2, 0.25) is 0 Å². The zero-order chi connectivity index (χ0) is 39.6. The smallest absolute Gasteiger partial charge is 0.160 e. The van der Waals surface area contributed by atoms with Crippen molar-refractivity contribution in [2.45, 2.75) is 0 Å². The molecule has 0 unspecified atom stereocenters. The van der Waals surface area contributed by atoms with E-state index < -0.39 is 0 Å². The van der Waals surface area contributed by atoms with Crippen LogP contribution in [0.15, 0.2) is 218 Å². The zero-order valence-corrected chi connectivity index (χ0v) is 32.6. The number of hydrogen-bond acceptors (Lipinski definition) is 2. The molecule has 0 aliphatic rings. The van der Waals surface area contributed by atoms with Gasteiger partial charge in [0, 0.05) is 49.6 Å². The summed E-state index contributed by atoms with van der Waals surface area (Å²) in [6.07, 6.45) is 0. The number of para-hydroxylation sites is 2. The Morgan fingerprint density at radius 3 is 1.53 bits per heavy atom. The van der Waals surface area contributed by atoms with Gasteiger partial charge in [-0.05, 0) is 76.5 Å². The fourth-order valence-corrected chi connectivity index (χ4v) is 9.22. The van der Waals surface area contributed by atoms with Crippen LogP contribution in [0.5, 0.6) is 0 Å². The average Bonchev–Trinajstić information content (AvgIpc) is 3.85. The Hall–Kier alpha value is -8.08. The molecule has 0 saturated carbocycles. The van der Waals surface area contributed by atoms with E-state index in [1.54, 1.807) is 0 Å². The van der Waals surface area contributed by atoms with E-state index >= 15 is 0 Å². The SMILES string of the molecule is c1ccc(-c2nc(-c3cccc(-n4c5ccccc5c5c6c7ccccc7n(-c7ccc8ccccc8c7)c6ccc54)c3)cc(-c3ccccc3-c3ccccc3)n2)cc1. The molecular formula is C56H36N4.